The first-order valence-corrected chi connectivity index (χ1v) is 4.26. The van der Waals surface area contributed by atoms with E-state index in [-0.39, 0.29) is 5.56 Å². The number of hydrogen-bond acceptors (Lipinski definition) is 2. The monoisotopic (exact) mass is 198 g/mol. The van der Waals surface area contributed by atoms with Crippen molar-refractivity contribution in [3.05, 3.63) is 35.4 Å². The summed E-state index contributed by atoms with van der Waals surface area (Å²) in [7, 11) is 0. The lowest BCUT2D eigenvalue weighted by molar-refractivity contribution is -0.0163. The third kappa shape index (κ3) is 2.73. The van der Waals surface area contributed by atoms with Crippen molar-refractivity contribution in [1.82, 2.24) is 0 Å². The lowest BCUT2D eigenvalue weighted by Crippen LogP contribution is -2.04. The minimum Gasteiger partial charge on any atom is -0.450 e. The molecule has 0 aliphatic rings. The van der Waals surface area contributed by atoms with Crippen LogP contribution in [0.1, 0.15) is 24.4 Å². The van der Waals surface area contributed by atoms with Gasteiger partial charge in [-0.05, 0) is 12.0 Å². The van der Waals surface area contributed by atoms with E-state index < -0.39 is 12.5 Å². The number of aryl methyl sites for hydroxylation is 1. The van der Waals surface area contributed by atoms with Crippen molar-refractivity contribution in [2.75, 3.05) is 0 Å². The van der Waals surface area contributed by atoms with Gasteiger partial charge >= 0.3 is 6.16 Å². The summed E-state index contributed by atoms with van der Waals surface area (Å²) in [5, 5.41) is 8.18. The lowest BCUT2D eigenvalue weighted by atomic mass is 10.1. The summed E-state index contributed by atoms with van der Waals surface area (Å²) in [6.45, 7) is 1.98. The fourth-order valence-corrected chi connectivity index (χ4v) is 1.06. The number of benzene rings is 1. The average Bonchev–Trinajstić information content (AvgIpc) is 2.17. The Morgan fingerprint density at radius 1 is 1.50 bits per heavy atom. The number of carbonyl (C=O) groups is 1. The second kappa shape index (κ2) is 4.60. The van der Waals surface area contributed by atoms with E-state index >= 15 is 0 Å². The molecule has 0 aromatic heterocycles. The lowest BCUT2D eigenvalue weighted by Gasteiger charge is -2.07. The van der Waals surface area contributed by atoms with E-state index in [1.807, 2.05) is 6.92 Å². The largest absolute Gasteiger partial charge is 0.508 e. The van der Waals surface area contributed by atoms with E-state index in [4.69, 9.17) is 5.11 Å². The molecule has 0 spiro atoms. The second-order valence-corrected chi connectivity index (χ2v) is 2.79. The number of carboxylic acid groups (broad SMARTS) is 1. The Balaban J connectivity index is 2.71. The Morgan fingerprint density at radius 3 is 2.50 bits per heavy atom. The summed E-state index contributed by atoms with van der Waals surface area (Å²) < 4.78 is 17.0. The molecule has 0 heterocycles. The summed E-state index contributed by atoms with van der Waals surface area (Å²) >= 11 is 0. The van der Waals surface area contributed by atoms with Gasteiger partial charge in [-0.25, -0.2) is 4.79 Å². The van der Waals surface area contributed by atoms with E-state index in [1.54, 1.807) is 12.1 Å². The Bertz CT molecular complexity index is 308. The van der Waals surface area contributed by atoms with Gasteiger partial charge in [0.25, 0.3) is 6.36 Å². The molecule has 76 valence electrons. The van der Waals surface area contributed by atoms with Gasteiger partial charge in [-0.2, -0.15) is 4.39 Å². The van der Waals surface area contributed by atoms with Crippen LogP contribution in [-0.2, 0) is 11.2 Å². The molecule has 0 radical (unpaired) electrons. The third-order valence-corrected chi connectivity index (χ3v) is 1.85. The van der Waals surface area contributed by atoms with Gasteiger partial charge in [0, 0.05) is 5.56 Å². The van der Waals surface area contributed by atoms with Crippen LogP contribution in [0.3, 0.4) is 0 Å². The molecular weight excluding hydrogens is 187 g/mol. The van der Waals surface area contributed by atoms with Crippen molar-refractivity contribution < 1.29 is 19.0 Å². The van der Waals surface area contributed by atoms with Gasteiger partial charge in [0.2, 0.25) is 0 Å². The van der Waals surface area contributed by atoms with Crippen LogP contribution in [0.25, 0.3) is 0 Å². The van der Waals surface area contributed by atoms with Crippen molar-refractivity contribution in [3.63, 3.8) is 0 Å². The average molecular weight is 198 g/mol. The topological polar surface area (TPSA) is 46.5 Å². The Hall–Kier alpha value is -1.58. The first-order valence-electron chi connectivity index (χ1n) is 4.26. The first kappa shape index (κ1) is 10.5. The molecule has 1 aromatic carbocycles. The third-order valence-electron chi connectivity index (χ3n) is 1.85. The summed E-state index contributed by atoms with van der Waals surface area (Å²) in [5.41, 5.74) is 1.28. The standard InChI is InChI=1S/C10H11FO3/c1-2-7-3-5-8(6-4-7)9(11)14-10(12)13/h3-6,9H,2H2,1H3,(H,12,13). The van der Waals surface area contributed by atoms with Crippen molar-refractivity contribution in [3.8, 4) is 0 Å². The Kier molecular flexibility index (Phi) is 3.45. The van der Waals surface area contributed by atoms with Crippen LogP contribution in [0.15, 0.2) is 24.3 Å². The number of hydrogen-bond donors (Lipinski definition) is 1. The SMILES string of the molecule is CCc1ccc(C(F)OC(=O)O)cc1. The van der Waals surface area contributed by atoms with E-state index in [2.05, 4.69) is 4.74 Å². The molecule has 0 amide bonds. The number of rotatable bonds is 3. The molecule has 1 rings (SSSR count). The molecule has 1 aromatic rings. The highest BCUT2D eigenvalue weighted by molar-refractivity contribution is 5.57. The van der Waals surface area contributed by atoms with Gasteiger partial charge in [-0.15, -0.1) is 0 Å². The fraction of sp³-hybridized carbons (Fsp3) is 0.300. The van der Waals surface area contributed by atoms with E-state index in [9.17, 15) is 9.18 Å². The smallest absolute Gasteiger partial charge is 0.450 e. The fourth-order valence-electron chi connectivity index (χ4n) is 1.06. The highest BCUT2D eigenvalue weighted by Gasteiger charge is 2.13. The quantitative estimate of drug-likeness (QED) is 0.759. The molecule has 0 bridgehead atoms. The summed E-state index contributed by atoms with van der Waals surface area (Å²) in [6.07, 6.45) is -2.66. The molecule has 0 saturated heterocycles. The van der Waals surface area contributed by atoms with Gasteiger partial charge in [0.15, 0.2) is 0 Å². The van der Waals surface area contributed by atoms with Gasteiger partial charge < -0.3 is 9.84 Å². The van der Waals surface area contributed by atoms with Crippen LogP contribution < -0.4 is 0 Å². The predicted octanol–water partition coefficient (Wildman–Crippen LogP) is 2.91. The van der Waals surface area contributed by atoms with Crippen molar-refractivity contribution in [2.24, 2.45) is 0 Å². The van der Waals surface area contributed by atoms with Crippen molar-refractivity contribution in [2.45, 2.75) is 19.7 Å². The van der Waals surface area contributed by atoms with Crippen LogP contribution >= 0.6 is 0 Å². The Morgan fingerprint density at radius 2 is 2.07 bits per heavy atom. The van der Waals surface area contributed by atoms with E-state index in [0.717, 1.165) is 12.0 Å². The highest BCUT2D eigenvalue weighted by atomic mass is 19.1. The molecule has 0 saturated carbocycles. The molecule has 3 nitrogen and oxygen atoms in total. The molecule has 14 heavy (non-hydrogen) atoms. The Labute approximate surface area is 81.1 Å². The molecule has 0 aliphatic carbocycles. The number of ether oxygens (including phenoxy) is 1. The van der Waals surface area contributed by atoms with Crippen LogP contribution in [0.4, 0.5) is 9.18 Å². The normalized spacial score (nSPS) is 12.1. The second-order valence-electron chi connectivity index (χ2n) is 2.79. The zero-order valence-corrected chi connectivity index (χ0v) is 7.74. The number of halogens is 1. The van der Waals surface area contributed by atoms with Crippen molar-refractivity contribution >= 4 is 6.16 Å². The van der Waals surface area contributed by atoms with Gasteiger partial charge in [0.1, 0.15) is 0 Å². The maximum absolute atomic E-state index is 13.0. The zero-order valence-electron chi connectivity index (χ0n) is 7.74. The van der Waals surface area contributed by atoms with Crippen LogP contribution in [0.5, 0.6) is 0 Å². The predicted molar refractivity (Wildman–Crippen MR) is 48.8 cm³/mol. The molecule has 1 atom stereocenters. The minimum absolute atomic E-state index is 0.213. The molecule has 1 N–H and O–H groups in total. The van der Waals surface area contributed by atoms with Gasteiger partial charge in [-0.1, -0.05) is 31.2 Å². The summed E-state index contributed by atoms with van der Waals surface area (Å²) in [6, 6.07) is 6.53. The summed E-state index contributed by atoms with van der Waals surface area (Å²) in [4.78, 5) is 10.0. The summed E-state index contributed by atoms with van der Waals surface area (Å²) in [5.74, 6) is 0. The van der Waals surface area contributed by atoms with Gasteiger partial charge in [-0.3, -0.25) is 0 Å². The molecule has 4 heteroatoms. The maximum atomic E-state index is 13.0. The molecule has 1 unspecified atom stereocenters. The van der Waals surface area contributed by atoms with E-state index in [0.29, 0.717) is 0 Å². The maximum Gasteiger partial charge on any atom is 0.508 e. The van der Waals surface area contributed by atoms with Crippen LogP contribution in [-0.4, -0.2) is 11.3 Å². The van der Waals surface area contributed by atoms with Crippen LogP contribution in [0.2, 0.25) is 0 Å². The number of alkyl halides is 1. The highest BCUT2D eigenvalue weighted by Crippen LogP contribution is 2.19. The van der Waals surface area contributed by atoms with Gasteiger partial charge in [0.05, 0.1) is 0 Å². The molecular formula is C10H11FO3. The van der Waals surface area contributed by atoms with Crippen molar-refractivity contribution in [1.29, 1.82) is 0 Å². The van der Waals surface area contributed by atoms with E-state index in [1.165, 1.54) is 12.1 Å². The molecule has 0 aliphatic heterocycles. The zero-order chi connectivity index (χ0) is 10.6. The first-order chi connectivity index (χ1) is 6.63. The minimum atomic E-state index is -1.90. The van der Waals surface area contributed by atoms with Crippen LogP contribution in [0, 0.1) is 0 Å². The molecule has 0 fully saturated rings.